The number of carbonyl (C=O) groups is 2. The molecule has 27 heavy (non-hydrogen) atoms. The molecule has 1 aliphatic heterocycles. The lowest BCUT2D eigenvalue weighted by Gasteiger charge is -2.21. The summed E-state index contributed by atoms with van der Waals surface area (Å²) in [5.41, 5.74) is 4.38. The number of halogens is 1. The molecule has 2 aromatic carbocycles. The van der Waals surface area contributed by atoms with Gasteiger partial charge in [-0.3, -0.25) is 15.0 Å². The molecule has 2 amide bonds. The molecule has 0 aromatic heterocycles. The Morgan fingerprint density at radius 3 is 2.52 bits per heavy atom. The minimum Gasteiger partial charge on any atom is -0.507 e. The van der Waals surface area contributed by atoms with E-state index in [1.165, 1.54) is 11.1 Å². The maximum absolute atomic E-state index is 12.7. The molecule has 0 saturated carbocycles. The second-order valence-corrected chi connectivity index (χ2v) is 6.95. The van der Waals surface area contributed by atoms with Crippen LogP contribution in [0.2, 0.25) is 0 Å². The molecular weight excluding hydrogens is 410 g/mol. The number of carbonyl (C=O) groups excluding carboxylic acids is 2. The van der Waals surface area contributed by atoms with Crippen LogP contribution in [-0.4, -0.2) is 30.0 Å². The second-order valence-electron chi connectivity index (χ2n) is 6.03. The fourth-order valence-electron chi connectivity index (χ4n) is 2.95. The highest BCUT2D eigenvalue weighted by Gasteiger charge is 2.34. The summed E-state index contributed by atoms with van der Waals surface area (Å²) in [6, 6.07) is 12.3. The molecule has 6 nitrogen and oxygen atoms in total. The zero-order valence-electron chi connectivity index (χ0n) is 15.1. The number of anilines is 2. The van der Waals surface area contributed by atoms with E-state index in [2.05, 4.69) is 26.3 Å². The van der Waals surface area contributed by atoms with Crippen LogP contribution in [0.25, 0.3) is 6.08 Å². The zero-order valence-corrected chi connectivity index (χ0v) is 16.7. The minimum absolute atomic E-state index is 0.0217. The van der Waals surface area contributed by atoms with Crippen molar-refractivity contribution in [1.29, 1.82) is 0 Å². The van der Waals surface area contributed by atoms with Gasteiger partial charge in [0, 0.05) is 34.9 Å². The molecule has 0 aliphatic carbocycles. The molecule has 1 saturated heterocycles. The monoisotopic (exact) mass is 429 g/mol. The van der Waals surface area contributed by atoms with Gasteiger partial charge < -0.3 is 10.0 Å². The standard InChI is InChI=1S/C20H20BrN3O3/c1-3-23(4-2)15-9-8-13(18(25)12-15)10-17-19(26)22-24(20(17)27)16-7-5-6-14(21)11-16/h5-12,25H,3-4H2,1-2H3,(H,22,26). The number of nitrogens with zero attached hydrogens (tertiary/aromatic N) is 2. The second kappa shape index (κ2) is 7.84. The third-order valence-corrected chi connectivity index (χ3v) is 4.89. The van der Waals surface area contributed by atoms with Crippen molar-refractivity contribution in [3.63, 3.8) is 0 Å². The molecule has 0 bridgehead atoms. The van der Waals surface area contributed by atoms with Crippen molar-refractivity contribution >= 4 is 45.2 Å². The highest BCUT2D eigenvalue weighted by atomic mass is 79.9. The van der Waals surface area contributed by atoms with Gasteiger partial charge in [-0.1, -0.05) is 22.0 Å². The van der Waals surface area contributed by atoms with Crippen molar-refractivity contribution in [2.45, 2.75) is 13.8 Å². The molecule has 7 heteroatoms. The number of benzene rings is 2. The van der Waals surface area contributed by atoms with E-state index in [4.69, 9.17) is 0 Å². The first kappa shape index (κ1) is 19.0. The third kappa shape index (κ3) is 3.83. The molecule has 2 aromatic rings. The predicted octanol–water partition coefficient (Wildman–Crippen LogP) is 3.46. The van der Waals surface area contributed by atoms with Gasteiger partial charge in [-0.05, 0) is 50.3 Å². The van der Waals surface area contributed by atoms with Gasteiger partial charge in [0.25, 0.3) is 11.8 Å². The topological polar surface area (TPSA) is 72.9 Å². The van der Waals surface area contributed by atoms with Gasteiger partial charge in [-0.2, -0.15) is 0 Å². The molecule has 0 atom stereocenters. The average Bonchev–Trinajstić information content (AvgIpc) is 2.93. The first-order valence-electron chi connectivity index (χ1n) is 8.65. The van der Waals surface area contributed by atoms with E-state index in [0.717, 1.165) is 23.2 Å². The SMILES string of the molecule is CCN(CC)c1ccc(C=C2C(=O)NN(c3cccc(Br)c3)C2=O)c(O)c1. The smallest absolute Gasteiger partial charge is 0.282 e. The van der Waals surface area contributed by atoms with Crippen LogP contribution in [0.5, 0.6) is 5.75 Å². The summed E-state index contributed by atoms with van der Waals surface area (Å²) < 4.78 is 0.795. The van der Waals surface area contributed by atoms with Gasteiger partial charge in [0.05, 0.1) is 5.69 Å². The number of rotatable bonds is 5. The van der Waals surface area contributed by atoms with Crippen LogP contribution < -0.4 is 15.3 Å². The Morgan fingerprint density at radius 1 is 1.15 bits per heavy atom. The number of amides is 2. The van der Waals surface area contributed by atoms with E-state index in [1.807, 2.05) is 26.0 Å². The van der Waals surface area contributed by atoms with Crippen molar-refractivity contribution in [3.05, 3.63) is 58.1 Å². The summed E-state index contributed by atoms with van der Waals surface area (Å²) in [6.07, 6.45) is 1.41. The lowest BCUT2D eigenvalue weighted by molar-refractivity contribution is -0.117. The molecule has 0 spiro atoms. The van der Waals surface area contributed by atoms with Gasteiger partial charge in [0.15, 0.2) is 0 Å². The molecule has 140 valence electrons. The maximum Gasteiger partial charge on any atom is 0.282 e. The molecule has 2 N–H and O–H groups in total. The van der Waals surface area contributed by atoms with Crippen molar-refractivity contribution in [2.24, 2.45) is 0 Å². The largest absolute Gasteiger partial charge is 0.507 e. The molecule has 1 heterocycles. The van der Waals surface area contributed by atoms with Crippen LogP contribution >= 0.6 is 15.9 Å². The number of phenols is 1. The van der Waals surface area contributed by atoms with E-state index in [0.29, 0.717) is 11.3 Å². The number of aromatic hydroxyl groups is 1. The van der Waals surface area contributed by atoms with Crippen molar-refractivity contribution < 1.29 is 14.7 Å². The fourth-order valence-corrected chi connectivity index (χ4v) is 3.34. The van der Waals surface area contributed by atoms with Crippen molar-refractivity contribution in [3.8, 4) is 5.75 Å². The lowest BCUT2D eigenvalue weighted by Crippen LogP contribution is -2.35. The van der Waals surface area contributed by atoms with Crippen molar-refractivity contribution in [1.82, 2.24) is 5.43 Å². The molecule has 1 aliphatic rings. The zero-order chi connectivity index (χ0) is 19.6. The van der Waals surface area contributed by atoms with Crippen LogP contribution in [0.1, 0.15) is 19.4 Å². The Morgan fingerprint density at radius 2 is 1.89 bits per heavy atom. The predicted molar refractivity (Wildman–Crippen MR) is 109 cm³/mol. The summed E-state index contributed by atoms with van der Waals surface area (Å²) in [6.45, 7) is 5.71. The normalized spacial score (nSPS) is 15.4. The Kier molecular flexibility index (Phi) is 5.51. The average molecular weight is 430 g/mol. The Balaban J connectivity index is 1.91. The molecule has 0 unspecified atom stereocenters. The molecule has 1 fully saturated rings. The molecular formula is C20H20BrN3O3. The Bertz CT molecular complexity index is 922. The number of hydrogen-bond donors (Lipinski definition) is 2. The van der Waals surface area contributed by atoms with Gasteiger partial charge in [0.1, 0.15) is 11.3 Å². The van der Waals surface area contributed by atoms with Crippen LogP contribution in [0.15, 0.2) is 52.5 Å². The third-order valence-electron chi connectivity index (χ3n) is 4.40. The summed E-state index contributed by atoms with van der Waals surface area (Å²) in [4.78, 5) is 27.1. The van der Waals surface area contributed by atoms with E-state index in [9.17, 15) is 14.7 Å². The van der Waals surface area contributed by atoms with Crippen molar-refractivity contribution in [2.75, 3.05) is 23.0 Å². The van der Waals surface area contributed by atoms with E-state index in [1.54, 1.807) is 30.3 Å². The van der Waals surface area contributed by atoms with E-state index < -0.39 is 11.8 Å². The minimum atomic E-state index is -0.507. The molecule has 0 radical (unpaired) electrons. The van der Waals surface area contributed by atoms with E-state index in [-0.39, 0.29) is 11.3 Å². The summed E-state index contributed by atoms with van der Waals surface area (Å²) in [7, 11) is 0. The number of hydrazine groups is 1. The highest BCUT2D eigenvalue weighted by Crippen LogP contribution is 2.29. The van der Waals surface area contributed by atoms with Gasteiger partial charge in [-0.15, -0.1) is 0 Å². The quantitative estimate of drug-likeness (QED) is 0.563. The number of nitrogens with one attached hydrogen (secondary N) is 1. The molecule has 3 rings (SSSR count). The first-order chi connectivity index (χ1) is 12.9. The number of phenolic OH excluding ortho intramolecular Hbond substituents is 1. The summed E-state index contributed by atoms with van der Waals surface area (Å²) in [5, 5.41) is 11.5. The highest BCUT2D eigenvalue weighted by molar-refractivity contribution is 9.10. The van der Waals surface area contributed by atoms with Crippen LogP contribution in [0.4, 0.5) is 11.4 Å². The summed E-state index contributed by atoms with van der Waals surface area (Å²) in [5.74, 6) is -0.953. The number of hydrogen-bond acceptors (Lipinski definition) is 4. The lowest BCUT2D eigenvalue weighted by atomic mass is 10.1. The Hall–Kier alpha value is -2.80. The van der Waals surface area contributed by atoms with Crippen LogP contribution in [-0.2, 0) is 9.59 Å². The Labute approximate surface area is 166 Å². The first-order valence-corrected chi connectivity index (χ1v) is 9.44. The van der Waals surface area contributed by atoms with Crippen LogP contribution in [0, 0.1) is 0 Å². The fraction of sp³-hybridized carbons (Fsp3) is 0.200. The van der Waals surface area contributed by atoms with E-state index >= 15 is 0 Å². The summed E-state index contributed by atoms with van der Waals surface area (Å²) >= 11 is 3.35. The van der Waals surface area contributed by atoms with Gasteiger partial charge in [-0.25, -0.2) is 5.01 Å². The van der Waals surface area contributed by atoms with Crippen LogP contribution in [0.3, 0.4) is 0 Å². The van der Waals surface area contributed by atoms with Gasteiger partial charge >= 0.3 is 0 Å². The maximum atomic E-state index is 12.7. The van der Waals surface area contributed by atoms with Gasteiger partial charge in [0.2, 0.25) is 0 Å².